The first kappa shape index (κ1) is 12.5. The van der Waals surface area contributed by atoms with Crippen molar-refractivity contribution in [3.05, 3.63) is 34.3 Å². The lowest BCUT2D eigenvalue weighted by Gasteiger charge is -2.07. The Balaban J connectivity index is 2.51. The minimum atomic E-state index is -0.0696. The van der Waals surface area contributed by atoms with Crippen LogP contribution in [-0.4, -0.2) is 17.8 Å². The number of alkyl halides is 1. The average Bonchev–Trinajstić information content (AvgIpc) is 2.17. The summed E-state index contributed by atoms with van der Waals surface area (Å²) in [6, 6.07) is 7.34. The maximum absolute atomic E-state index is 11.7. The van der Waals surface area contributed by atoms with E-state index in [0.29, 0.717) is 12.1 Å². The molecule has 0 aliphatic rings. The van der Waals surface area contributed by atoms with Gasteiger partial charge in [0.15, 0.2) is 0 Å². The predicted molar refractivity (Wildman–Crippen MR) is 66.4 cm³/mol. The van der Waals surface area contributed by atoms with Gasteiger partial charge in [-0.1, -0.05) is 12.1 Å². The Morgan fingerprint density at radius 2 is 2.20 bits per heavy atom. The third kappa shape index (κ3) is 4.22. The number of hydrogen-bond donors (Lipinski definition) is 1. The van der Waals surface area contributed by atoms with Crippen LogP contribution in [-0.2, 0) is 0 Å². The van der Waals surface area contributed by atoms with E-state index < -0.39 is 0 Å². The summed E-state index contributed by atoms with van der Waals surface area (Å²) in [5.74, 6) is -0.0696. The Bertz CT molecular complexity index is 341. The van der Waals surface area contributed by atoms with Crippen molar-refractivity contribution in [2.45, 2.75) is 18.7 Å². The molecular formula is C11H13BrClNO. The van der Waals surface area contributed by atoms with Crippen molar-refractivity contribution in [3.63, 3.8) is 0 Å². The molecule has 1 aromatic carbocycles. The van der Waals surface area contributed by atoms with Crippen LogP contribution in [0.2, 0.25) is 0 Å². The van der Waals surface area contributed by atoms with Crippen LogP contribution in [0.3, 0.4) is 0 Å². The minimum absolute atomic E-state index is 0.0696. The highest BCUT2D eigenvalue weighted by Crippen LogP contribution is 2.15. The molecule has 2 nitrogen and oxygen atoms in total. The zero-order valence-electron chi connectivity index (χ0n) is 8.47. The van der Waals surface area contributed by atoms with Crippen LogP contribution < -0.4 is 5.32 Å². The van der Waals surface area contributed by atoms with Crippen LogP contribution in [0.5, 0.6) is 0 Å². The maximum atomic E-state index is 11.7. The van der Waals surface area contributed by atoms with Crippen molar-refractivity contribution in [2.24, 2.45) is 0 Å². The Kier molecular flexibility index (Phi) is 5.12. The highest BCUT2D eigenvalue weighted by Gasteiger charge is 2.08. The van der Waals surface area contributed by atoms with E-state index in [2.05, 4.69) is 21.2 Å². The molecule has 0 spiro atoms. The fourth-order valence-electron chi connectivity index (χ4n) is 1.13. The van der Waals surface area contributed by atoms with Crippen molar-refractivity contribution in [1.29, 1.82) is 0 Å². The molecule has 0 heterocycles. The summed E-state index contributed by atoms with van der Waals surface area (Å²) in [6.07, 6.45) is 0.776. The third-order valence-corrected chi connectivity index (χ3v) is 2.86. The lowest BCUT2D eigenvalue weighted by Crippen LogP contribution is -2.25. The molecule has 1 amide bonds. The number of benzene rings is 1. The van der Waals surface area contributed by atoms with E-state index >= 15 is 0 Å². The largest absolute Gasteiger partial charge is 0.352 e. The first-order valence-corrected chi connectivity index (χ1v) is 6.01. The van der Waals surface area contributed by atoms with E-state index in [-0.39, 0.29) is 11.3 Å². The van der Waals surface area contributed by atoms with Crippen LogP contribution in [0.15, 0.2) is 28.7 Å². The summed E-state index contributed by atoms with van der Waals surface area (Å²) in [4.78, 5) is 11.7. The Hall–Kier alpha value is -0.540. The topological polar surface area (TPSA) is 29.1 Å². The molecule has 15 heavy (non-hydrogen) atoms. The van der Waals surface area contributed by atoms with Gasteiger partial charge in [-0.3, -0.25) is 4.79 Å². The highest BCUT2D eigenvalue weighted by atomic mass is 79.9. The Labute approximate surface area is 103 Å². The number of rotatable bonds is 4. The molecule has 0 fully saturated rings. The molecule has 4 heteroatoms. The molecule has 1 atom stereocenters. The van der Waals surface area contributed by atoms with Gasteiger partial charge >= 0.3 is 0 Å². The van der Waals surface area contributed by atoms with Gasteiger partial charge in [0.1, 0.15) is 0 Å². The number of carbonyl (C=O) groups is 1. The van der Waals surface area contributed by atoms with Crippen LogP contribution >= 0.6 is 27.5 Å². The molecule has 82 valence electrons. The lowest BCUT2D eigenvalue weighted by atomic mass is 10.2. The van der Waals surface area contributed by atoms with Gasteiger partial charge in [-0.15, -0.1) is 11.6 Å². The lowest BCUT2D eigenvalue weighted by molar-refractivity contribution is 0.0952. The molecular weight excluding hydrogens is 277 g/mol. The van der Waals surface area contributed by atoms with Gasteiger partial charge in [0.2, 0.25) is 0 Å². The van der Waals surface area contributed by atoms with Gasteiger partial charge in [0.05, 0.1) is 5.56 Å². The van der Waals surface area contributed by atoms with Gasteiger partial charge in [-0.25, -0.2) is 0 Å². The van der Waals surface area contributed by atoms with Crippen LogP contribution in [0.4, 0.5) is 0 Å². The molecule has 0 bridgehead atoms. The van der Waals surface area contributed by atoms with E-state index in [1.165, 1.54) is 0 Å². The summed E-state index contributed by atoms with van der Waals surface area (Å²) < 4.78 is 0.807. The quantitative estimate of drug-likeness (QED) is 0.848. The van der Waals surface area contributed by atoms with Gasteiger partial charge in [-0.05, 0) is 41.4 Å². The molecule has 1 unspecified atom stereocenters. The monoisotopic (exact) mass is 289 g/mol. The Morgan fingerprint density at radius 3 is 2.80 bits per heavy atom. The molecule has 0 aliphatic carbocycles. The summed E-state index contributed by atoms with van der Waals surface area (Å²) in [7, 11) is 0. The van der Waals surface area contributed by atoms with E-state index in [4.69, 9.17) is 11.6 Å². The van der Waals surface area contributed by atoms with Crippen molar-refractivity contribution in [1.82, 2.24) is 5.32 Å². The molecule has 0 saturated heterocycles. The van der Waals surface area contributed by atoms with Crippen molar-refractivity contribution < 1.29 is 4.79 Å². The second kappa shape index (κ2) is 6.13. The molecule has 1 rings (SSSR count). The molecule has 0 radical (unpaired) electrons. The molecule has 1 aromatic rings. The van der Waals surface area contributed by atoms with Crippen molar-refractivity contribution in [2.75, 3.05) is 6.54 Å². The fourth-order valence-corrected chi connectivity index (χ4v) is 1.70. The summed E-state index contributed by atoms with van der Waals surface area (Å²) in [6.45, 7) is 2.51. The number of amides is 1. The van der Waals surface area contributed by atoms with E-state index in [1.807, 2.05) is 25.1 Å². The molecule has 0 aliphatic heterocycles. The number of nitrogens with one attached hydrogen (secondary N) is 1. The summed E-state index contributed by atoms with van der Waals surface area (Å²) >= 11 is 9.11. The van der Waals surface area contributed by atoms with Gasteiger partial charge < -0.3 is 5.32 Å². The predicted octanol–water partition coefficient (Wildman–Crippen LogP) is 3.20. The van der Waals surface area contributed by atoms with Crippen molar-refractivity contribution in [3.8, 4) is 0 Å². The van der Waals surface area contributed by atoms with Crippen LogP contribution in [0.1, 0.15) is 23.7 Å². The standard InChI is InChI=1S/C11H13BrClNO/c1-8(13)6-7-14-11(15)9-4-2-3-5-10(9)12/h2-5,8H,6-7H2,1H3,(H,14,15). The number of hydrogen-bond acceptors (Lipinski definition) is 1. The first-order valence-electron chi connectivity index (χ1n) is 4.78. The molecule has 0 aromatic heterocycles. The fraction of sp³-hybridized carbons (Fsp3) is 0.364. The second-order valence-corrected chi connectivity index (χ2v) is 4.90. The normalized spacial score (nSPS) is 12.2. The SMILES string of the molecule is CC(Cl)CCNC(=O)c1ccccc1Br. The zero-order valence-corrected chi connectivity index (χ0v) is 10.8. The maximum Gasteiger partial charge on any atom is 0.252 e. The van der Waals surface area contributed by atoms with Crippen LogP contribution in [0, 0.1) is 0 Å². The number of halogens is 2. The minimum Gasteiger partial charge on any atom is -0.352 e. The van der Waals surface area contributed by atoms with Crippen molar-refractivity contribution >= 4 is 33.4 Å². The summed E-state index contributed by atoms with van der Waals surface area (Å²) in [5.41, 5.74) is 0.653. The van der Waals surface area contributed by atoms with Gasteiger partial charge in [0.25, 0.3) is 5.91 Å². The highest BCUT2D eigenvalue weighted by molar-refractivity contribution is 9.10. The number of carbonyl (C=O) groups excluding carboxylic acids is 1. The third-order valence-electron chi connectivity index (χ3n) is 1.95. The van der Waals surface area contributed by atoms with Gasteiger partial charge in [0, 0.05) is 16.4 Å². The second-order valence-electron chi connectivity index (χ2n) is 3.31. The summed E-state index contributed by atoms with van der Waals surface area (Å²) in [5, 5.41) is 2.91. The smallest absolute Gasteiger partial charge is 0.252 e. The molecule has 1 N–H and O–H groups in total. The van der Waals surface area contributed by atoms with E-state index in [1.54, 1.807) is 6.07 Å². The Morgan fingerprint density at radius 1 is 1.53 bits per heavy atom. The zero-order chi connectivity index (χ0) is 11.3. The van der Waals surface area contributed by atoms with E-state index in [0.717, 1.165) is 10.9 Å². The average molecular weight is 291 g/mol. The first-order chi connectivity index (χ1) is 7.11. The van der Waals surface area contributed by atoms with Crippen LogP contribution in [0.25, 0.3) is 0 Å². The van der Waals surface area contributed by atoms with Gasteiger partial charge in [-0.2, -0.15) is 0 Å². The van der Waals surface area contributed by atoms with E-state index in [9.17, 15) is 4.79 Å². The molecule has 0 saturated carbocycles.